The minimum Gasteiger partial charge on any atom is -0.459 e. The van der Waals surface area contributed by atoms with Gasteiger partial charge in [-0.1, -0.05) is 78.9 Å². The normalized spacial score (nSPS) is 19.3. The minimum atomic E-state index is -0.608. The number of carbonyl (C=O) groups is 1. The average molecular weight is 628 g/mol. The smallest absolute Gasteiger partial charge is 0.326 e. The first-order chi connectivity index (χ1) is 23.1. The first-order valence-electron chi connectivity index (χ1n) is 16.4. The van der Waals surface area contributed by atoms with Crippen molar-refractivity contribution in [3.8, 4) is 11.1 Å². The standard InChI is InChI=1S/C39H37N3O5/c43-23-25-12-14-26(15-13-25)24-46-37-22-28(31-8-5-9-32-30-7-2-1-6-27(30)20-33(31)32)21-36(47-37)38(44)41-18-16-29(17-19-41)42-35-11-4-3-10-34(35)40-39(42)45/h1-15,21,28-29,37,43H,16-20,22-24H2,(H,40,45). The van der Waals surface area contributed by atoms with Crippen LogP contribution in [0.4, 0.5) is 0 Å². The van der Waals surface area contributed by atoms with Crippen molar-refractivity contribution in [2.75, 3.05) is 13.1 Å². The zero-order valence-electron chi connectivity index (χ0n) is 26.1. The topological polar surface area (TPSA) is 96.8 Å². The number of aromatic nitrogens is 2. The number of hydrogen-bond donors (Lipinski definition) is 2. The number of benzene rings is 4. The number of hydrogen-bond acceptors (Lipinski definition) is 5. The van der Waals surface area contributed by atoms with Gasteiger partial charge in [0.25, 0.3) is 5.91 Å². The zero-order chi connectivity index (χ0) is 31.9. The number of nitrogens with zero attached hydrogens (tertiary/aromatic N) is 2. The van der Waals surface area contributed by atoms with Crippen molar-refractivity contribution < 1.29 is 19.4 Å². The number of aliphatic hydroxyl groups excluding tert-OH is 1. The number of nitrogens with one attached hydrogen (secondary N) is 1. The molecule has 1 fully saturated rings. The highest BCUT2D eigenvalue weighted by Crippen LogP contribution is 2.43. The second-order valence-corrected chi connectivity index (χ2v) is 12.8. The number of rotatable bonds is 7. The molecule has 47 heavy (non-hydrogen) atoms. The number of fused-ring (bicyclic) bond motifs is 4. The van der Waals surface area contributed by atoms with E-state index in [1.807, 2.05) is 64.1 Å². The van der Waals surface area contributed by atoms with Crippen LogP contribution in [0.5, 0.6) is 0 Å². The van der Waals surface area contributed by atoms with Gasteiger partial charge in [-0.05, 0) is 76.4 Å². The van der Waals surface area contributed by atoms with Gasteiger partial charge in [-0.25, -0.2) is 4.79 Å². The third-order valence-electron chi connectivity index (χ3n) is 9.94. The number of ether oxygens (including phenoxy) is 2. The van der Waals surface area contributed by atoms with Gasteiger partial charge in [0.05, 0.1) is 24.2 Å². The average Bonchev–Trinajstić information content (AvgIpc) is 3.67. The summed E-state index contributed by atoms with van der Waals surface area (Å²) < 4.78 is 14.5. The fourth-order valence-corrected chi connectivity index (χ4v) is 7.51. The van der Waals surface area contributed by atoms with E-state index in [2.05, 4.69) is 47.4 Å². The first-order valence-corrected chi connectivity index (χ1v) is 16.4. The molecule has 2 atom stereocenters. The molecule has 0 spiro atoms. The van der Waals surface area contributed by atoms with E-state index in [4.69, 9.17) is 9.47 Å². The second kappa shape index (κ2) is 12.4. The molecule has 8 heteroatoms. The summed E-state index contributed by atoms with van der Waals surface area (Å²) >= 11 is 0. The fraction of sp³-hybridized carbons (Fsp3) is 0.282. The molecule has 3 heterocycles. The number of imidazole rings is 1. The van der Waals surface area contributed by atoms with Gasteiger partial charge in [0.1, 0.15) is 0 Å². The van der Waals surface area contributed by atoms with Crippen molar-refractivity contribution in [1.82, 2.24) is 14.5 Å². The maximum absolute atomic E-state index is 14.1. The van der Waals surface area contributed by atoms with Crippen molar-refractivity contribution in [2.45, 2.75) is 57.1 Å². The highest BCUT2D eigenvalue weighted by molar-refractivity contribution is 5.92. The lowest BCUT2D eigenvalue weighted by molar-refractivity contribution is -0.156. The van der Waals surface area contributed by atoms with Gasteiger partial charge in [0.2, 0.25) is 6.29 Å². The molecule has 3 aliphatic rings. The second-order valence-electron chi connectivity index (χ2n) is 12.8. The van der Waals surface area contributed by atoms with Crippen LogP contribution in [0.15, 0.2) is 108 Å². The summed E-state index contributed by atoms with van der Waals surface area (Å²) in [7, 11) is 0. The number of aromatic amines is 1. The molecule has 4 aromatic carbocycles. The summed E-state index contributed by atoms with van der Waals surface area (Å²) in [5, 5.41) is 9.42. The number of amides is 1. The quantitative estimate of drug-likeness (QED) is 0.220. The molecule has 2 aliphatic heterocycles. The molecular weight excluding hydrogens is 590 g/mol. The Morgan fingerprint density at radius 2 is 1.64 bits per heavy atom. The van der Waals surface area contributed by atoms with E-state index in [-0.39, 0.29) is 30.2 Å². The van der Waals surface area contributed by atoms with E-state index in [1.165, 1.54) is 27.8 Å². The molecule has 1 amide bonds. The molecule has 1 aromatic heterocycles. The van der Waals surface area contributed by atoms with Crippen molar-refractivity contribution in [1.29, 1.82) is 0 Å². The van der Waals surface area contributed by atoms with E-state index in [1.54, 1.807) is 0 Å². The molecule has 2 N–H and O–H groups in total. The van der Waals surface area contributed by atoms with Crippen LogP contribution in [0, 0.1) is 0 Å². The molecule has 0 radical (unpaired) electrons. The Bertz CT molecular complexity index is 2030. The number of H-pyrrole nitrogens is 1. The Labute approximate surface area is 272 Å². The van der Waals surface area contributed by atoms with Crippen LogP contribution in [0.2, 0.25) is 0 Å². The Hall–Kier alpha value is -4.92. The molecule has 5 aromatic rings. The highest BCUT2D eigenvalue weighted by atomic mass is 16.7. The van der Waals surface area contributed by atoms with Crippen LogP contribution < -0.4 is 5.69 Å². The molecule has 8 nitrogen and oxygen atoms in total. The van der Waals surface area contributed by atoms with Gasteiger partial charge in [0, 0.05) is 31.5 Å². The van der Waals surface area contributed by atoms with Gasteiger partial charge in [-0.3, -0.25) is 9.36 Å². The van der Waals surface area contributed by atoms with Gasteiger partial charge < -0.3 is 24.5 Å². The zero-order valence-corrected chi connectivity index (χ0v) is 26.1. The van der Waals surface area contributed by atoms with Crippen molar-refractivity contribution in [3.63, 3.8) is 0 Å². The van der Waals surface area contributed by atoms with Crippen LogP contribution in [0.25, 0.3) is 22.2 Å². The molecular formula is C39H37N3O5. The van der Waals surface area contributed by atoms with Crippen molar-refractivity contribution in [3.05, 3.63) is 141 Å². The maximum atomic E-state index is 14.1. The van der Waals surface area contributed by atoms with Gasteiger partial charge >= 0.3 is 5.69 Å². The number of para-hydroxylation sites is 2. The predicted octanol–water partition coefficient (Wildman–Crippen LogP) is 6.19. The minimum absolute atomic E-state index is 0.00808. The summed E-state index contributed by atoms with van der Waals surface area (Å²) in [6.45, 7) is 1.37. The highest BCUT2D eigenvalue weighted by Gasteiger charge is 2.35. The van der Waals surface area contributed by atoms with Gasteiger partial charge in [-0.15, -0.1) is 0 Å². The van der Waals surface area contributed by atoms with E-state index in [0.717, 1.165) is 28.6 Å². The van der Waals surface area contributed by atoms with E-state index in [0.29, 0.717) is 44.7 Å². The van der Waals surface area contributed by atoms with Crippen molar-refractivity contribution >= 4 is 16.9 Å². The molecule has 238 valence electrons. The Morgan fingerprint density at radius 1 is 0.894 bits per heavy atom. The fourth-order valence-electron chi connectivity index (χ4n) is 7.51. The van der Waals surface area contributed by atoms with Crippen molar-refractivity contribution in [2.24, 2.45) is 0 Å². The third-order valence-corrected chi connectivity index (χ3v) is 9.94. The molecule has 1 aliphatic carbocycles. The molecule has 0 bridgehead atoms. The maximum Gasteiger partial charge on any atom is 0.326 e. The first kappa shape index (κ1) is 29.5. The lowest BCUT2D eigenvalue weighted by Crippen LogP contribution is -2.42. The van der Waals surface area contributed by atoms with E-state index < -0.39 is 6.29 Å². The van der Waals surface area contributed by atoms with Crippen LogP contribution in [0.1, 0.15) is 59.0 Å². The van der Waals surface area contributed by atoms with E-state index >= 15 is 0 Å². The summed E-state index contributed by atoms with van der Waals surface area (Å²) in [6, 6.07) is 30.4. The Balaban J connectivity index is 1.04. The summed E-state index contributed by atoms with van der Waals surface area (Å²) in [5.74, 6) is 0.116. The number of carbonyl (C=O) groups excluding carboxylic acids is 1. The number of aliphatic hydroxyl groups is 1. The monoisotopic (exact) mass is 627 g/mol. The number of likely N-dealkylation sites (tertiary alicyclic amines) is 1. The van der Waals surface area contributed by atoms with Gasteiger partial charge in [0.15, 0.2) is 5.76 Å². The molecule has 1 saturated heterocycles. The third kappa shape index (κ3) is 5.58. The number of piperidine rings is 1. The molecule has 2 unspecified atom stereocenters. The van der Waals surface area contributed by atoms with E-state index in [9.17, 15) is 14.7 Å². The molecule has 8 rings (SSSR count). The largest absolute Gasteiger partial charge is 0.459 e. The summed E-state index contributed by atoms with van der Waals surface area (Å²) in [5.41, 5.74) is 9.76. The summed E-state index contributed by atoms with van der Waals surface area (Å²) in [4.78, 5) is 31.7. The van der Waals surface area contributed by atoms with Crippen LogP contribution in [0.3, 0.4) is 0 Å². The lowest BCUT2D eigenvalue weighted by Gasteiger charge is -2.35. The Kier molecular flexibility index (Phi) is 7.75. The van der Waals surface area contributed by atoms with Crippen LogP contribution in [-0.4, -0.2) is 44.8 Å². The lowest BCUT2D eigenvalue weighted by atomic mass is 9.87. The van der Waals surface area contributed by atoms with Crippen LogP contribution in [-0.2, 0) is 33.9 Å². The molecule has 0 saturated carbocycles. The number of allylic oxidation sites excluding steroid dienone is 1. The Morgan fingerprint density at radius 3 is 2.47 bits per heavy atom. The van der Waals surface area contributed by atoms with Gasteiger partial charge in [-0.2, -0.15) is 0 Å². The SMILES string of the molecule is O=C(C1=CC(c2cccc3c2Cc2ccccc2-3)CC(OCc2ccc(CO)cc2)O1)N1CCC(n2c(=O)[nH]c3ccccc32)CC1. The predicted molar refractivity (Wildman–Crippen MR) is 180 cm³/mol. The summed E-state index contributed by atoms with van der Waals surface area (Å²) in [6.07, 6.45) is 4.19. The van der Waals surface area contributed by atoms with Crippen LogP contribution >= 0.6 is 0 Å².